The third kappa shape index (κ3) is 3.38. The molecule has 0 aromatic carbocycles. The molecule has 14 heavy (non-hydrogen) atoms. The molecule has 0 spiro atoms. The maximum atomic E-state index is 11.6. The van der Waals surface area contributed by atoms with Gasteiger partial charge in [-0.2, -0.15) is 17.4 Å². The zero-order valence-electron chi connectivity index (χ0n) is 8.32. The van der Waals surface area contributed by atoms with Crippen molar-refractivity contribution in [3.8, 4) is 0 Å². The molecule has 0 unspecified atom stereocenters. The fraction of sp³-hybridized carbons (Fsp3) is 0.750. The summed E-state index contributed by atoms with van der Waals surface area (Å²) in [6.45, 7) is 7.48. The number of morpholine rings is 1. The Morgan fingerprint density at radius 2 is 2.07 bits per heavy atom. The minimum atomic E-state index is -3.34. The number of hydrogen-bond acceptors (Lipinski definition) is 3. The van der Waals surface area contributed by atoms with Crippen molar-refractivity contribution in [2.45, 2.75) is 6.92 Å². The highest BCUT2D eigenvalue weighted by Gasteiger charge is 2.23. The van der Waals surface area contributed by atoms with E-state index in [9.17, 15) is 8.42 Å². The highest BCUT2D eigenvalue weighted by atomic mass is 32.2. The summed E-state index contributed by atoms with van der Waals surface area (Å²) >= 11 is 0. The molecule has 1 aliphatic heterocycles. The zero-order chi connectivity index (χ0) is 10.6. The monoisotopic (exact) mass is 220 g/mol. The van der Waals surface area contributed by atoms with E-state index in [0.29, 0.717) is 32.8 Å². The lowest BCUT2D eigenvalue weighted by Crippen LogP contribution is -2.46. The van der Waals surface area contributed by atoms with Crippen LogP contribution in [0.2, 0.25) is 0 Å². The molecule has 0 aromatic heterocycles. The Morgan fingerprint density at radius 1 is 1.50 bits per heavy atom. The van der Waals surface area contributed by atoms with Crippen molar-refractivity contribution in [3.05, 3.63) is 12.2 Å². The first kappa shape index (κ1) is 11.6. The Morgan fingerprint density at radius 3 is 2.57 bits per heavy atom. The third-order valence-electron chi connectivity index (χ3n) is 1.87. The van der Waals surface area contributed by atoms with Crippen molar-refractivity contribution in [3.63, 3.8) is 0 Å². The van der Waals surface area contributed by atoms with E-state index >= 15 is 0 Å². The molecular weight excluding hydrogens is 204 g/mol. The molecule has 1 rings (SSSR count). The SMILES string of the molecule is C=C(C)CNS(=O)(=O)N1CCOCC1. The summed E-state index contributed by atoms with van der Waals surface area (Å²) in [5.41, 5.74) is 0.793. The number of ether oxygens (including phenoxy) is 1. The van der Waals surface area contributed by atoms with Crippen LogP contribution in [0, 0.1) is 0 Å². The fourth-order valence-corrected chi connectivity index (χ4v) is 2.33. The number of nitrogens with one attached hydrogen (secondary N) is 1. The molecule has 1 heterocycles. The second-order valence-electron chi connectivity index (χ2n) is 3.29. The van der Waals surface area contributed by atoms with Gasteiger partial charge in [-0.3, -0.25) is 0 Å². The lowest BCUT2D eigenvalue weighted by molar-refractivity contribution is 0.0725. The summed E-state index contributed by atoms with van der Waals surface area (Å²) in [6.07, 6.45) is 0. The summed E-state index contributed by atoms with van der Waals surface area (Å²) in [5, 5.41) is 0. The van der Waals surface area contributed by atoms with Gasteiger partial charge >= 0.3 is 0 Å². The summed E-state index contributed by atoms with van der Waals surface area (Å²) in [4.78, 5) is 0. The Balaban J connectivity index is 2.50. The molecule has 82 valence electrons. The Kier molecular flexibility index (Phi) is 4.06. The standard InChI is InChI=1S/C8H16N2O3S/c1-8(2)7-9-14(11,12)10-3-5-13-6-4-10/h9H,1,3-7H2,2H3. The Hall–Kier alpha value is -0.430. The molecule has 1 saturated heterocycles. The van der Waals surface area contributed by atoms with E-state index in [4.69, 9.17) is 4.74 Å². The summed E-state index contributed by atoms with van der Waals surface area (Å²) < 4.78 is 32.1. The van der Waals surface area contributed by atoms with Crippen LogP contribution in [-0.2, 0) is 14.9 Å². The van der Waals surface area contributed by atoms with Crippen LogP contribution < -0.4 is 4.72 Å². The Bertz CT molecular complexity index is 294. The molecule has 0 radical (unpaired) electrons. The first-order chi connectivity index (χ1) is 6.52. The first-order valence-corrected chi connectivity index (χ1v) is 5.93. The number of rotatable bonds is 4. The van der Waals surface area contributed by atoms with Gasteiger partial charge in [-0.15, -0.1) is 0 Å². The highest BCUT2D eigenvalue weighted by Crippen LogP contribution is 2.02. The van der Waals surface area contributed by atoms with Gasteiger partial charge in [0.2, 0.25) is 0 Å². The fourth-order valence-electron chi connectivity index (χ4n) is 1.09. The van der Waals surface area contributed by atoms with E-state index in [1.807, 2.05) is 0 Å². The summed E-state index contributed by atoms with van der Waals surface area (Å²) in [6, 6.07) is 0. The normalized spacial score (nSPS) is 19.5. The quantitative estimate of drug-likeness (QED) is 0.663. The second-order valence-corrected chi connectivity index (χ2v) is 5.05. The van der Waals surface area contributed by atoms with Crippen molar-refractivity contribution in [1.82, 2.24) is 9.03 Å². The highest BCUT2D eigenvalue weighted by molar-refractivity contribution is 7.87. The molecule has 0 bridgehead atoms. The van der Waals surface area contributed by atoms with E-state index in [1.54, 1.807) is 6.92 Å². The van der Waals surface area contributed by atoms with Gasteiger partial charge in [0.1, 0.15) is 0 Å². The average Bonchev–Trinajstić information content (AvgIpc) is 2.16. The molecule has 1 aliphatic rings. The smallest absolute Gasteiger partial charge is 0.279 e. The topological polar surface area (TPSA) is 58.6 Å². The van der Waals surface area contributed by atoms with Crippen LogP contribution in [0.15, 0.2) is 12.2 Å². The summed E-state index contributed by atoms with van der Waals surface area (Å²) in [7, 11) is -3.34. The van der Waals surface area contributed by atoms with Crippen LogP contribution in [0.1, 0.15) is 6.92 Å². The summed E-state index contributed by atoms with van der Waals surface area (Å²) in [5.74, 6) is 0. The van der Waals surface area contributed by atoms with Gasteiger partial charge in [-0.1, -0.05) is 12.2 Å². The molecule has 1 fully saturated rings. The van der Waals surface area contributed by atoms with Gasteiger partial charge in [0.25, 0.3) is 10.2 Å². The van der Waals surface area contributed by atoms with Crippen molar-refractivity contribution >= 4 is 10.2 Å². The van der Waals surface area contributed by atoms with E-state index in [-0.39, 0.29) is 0 Å². The van der Waals surface area contributed by atoms with Crippen molar-refractivity contribution in [2.24, 2.45) is 0 Å². The number of hydrogen-bond donors (Lipinski definition) is 1. The van der Waals surface area contributed by atoms with Crippen molar-refractivity contribution in [2.75, 3.05) is 32.8 Å². The largest absolute Gasteiger partial charge is 0.379 e. The van der Waals surface area contributed by atoms with Crippen molar-refractivity contribution < 1.29 is 13.2 Å². The van der Waals surface area contributed by atoms with Gasteiger partial charge in [-0.25, -0.2) is 0 Å². The average molecular weight is 220 g/mol. The van der Waals surface area contributed by atoms with Gasteiger partial charge in [0, 0.05) is 19.6 Å². The predicted octanol–water partition coefficient (Wildman–Crippen LogP) is -0.271. The van der Waals surface area contributed by atoms with Crippen LogP contribution in [0.4, 0.5) is 0 Å². The molecule has 0 amide bonds. The molecule has 0 atom stereocenters. The van der Waals surface area contributed by atoms with Crippen LogP contribution in [0.25, 0.3) is 0 Å². The predicted molar refractivity (Wildman–Crippen MR) is 54.1 cm³/mol. The van der Waals surface area contributed by atoms with Crippen molar-refractivity contribution in [1.29, 1.82) is 0 Å². The molecule has 0 saturated carbocycles. The zero-order valence-corrected chi connectivity index (χ0v) is 9.14. The minimum absolute atomic E-state index is 0.291. The molecule has 1 N–H and O–H groups in total. The molecule has 5 nitrogen and oxygen atoms in total. The van der Waals surface area contributed by atoms with Crippen LogP contribution in [0.5, 0.6) is 0 Å². The maximum Gasteiger partial charge on any atom is 0.279 e. The van der Waals surface area contributed by atoms with Gasteiger partial charge in [0.15, 0.2) is 0 Å². The second kappa shape index (κ2) is 4.88. The van der Waals surface area contributed by atoms with E-state index < -0.39 is 10.2 Å². The van der Waals surface area contributed by atoms with Gasteiger partial charge in [0.05, 0.1) is 13.2 Å². The Labute approximate surface area is 84.9 Å². The van der Waals surface area contributed by atoms with Crippen LogP contribution in [-0.4, -0.2) is 45.6 Å². The third-order valence-corrected chi connectivity index (χ3v) is 3.42. The van der Waals surface area contributed by atoms with Gasteiger partial charge in [-0.05, 0) is 6.92 Å². The van der Waals surface area contributed by atoms with Gasteiger partial charge < -0.3 is 4.74 Å². The first-order valence-electron chi connectivity index (χ1n) is 4.49. The molecule has 0 aliphatic carbocycles. The number of nitrogens with zero attached hydrogens (tertiary/aromatic N) is 1. The van der Waals surface area contributed by atoms with E-state index in [2.05, 4.69) is 11.3 Å². The van der Waals surface area contributed by atoms with E-state index in [1.165, 1.54) is 4.31 Å². The van der Waals surface area contributed by atoms with E-state index in [0.717, 1.165) is 5.57 Å². The molecule has 6 heteroatoms. The van der Waals surface area contributed by atoms with Crippen LogP contribution in [0.3, 0.4) is 0 Å². The lowest BCUT2D eigenvalue weighted by atomic mass is 10.4. The van der Waals surface area contributed by atoms with Crippen LogP contribution >= 0.6 is 0 Å². The minimum Gasteiger partial charge on any atom is -0.379 e. The molecule has 0 aromatic rings. The molecular formula is C8H16N2O3S. The lowest BCUT2D eigenvalue weighted by Gasteiger charge is -2.26. The maximum absolute atomic E-state index is 11.6.